The van der Waals surface area contributed by atoms with Gasteiger partial charge < -0.3 is 10.2 Å². The van der Waals surface area contributed by atoms with Crippen molar-refractivity contribution in [2.75, 3.05) is 0 Å². The zero-order valence-corrected chi connectivity index (χ0v) is 10.9. The van der Waals surface area contributed by atoms with Gasteiger partial charge in [0.2, 0.25) is 0 Å². The summed E-state index contributed by atoms with van der Waals surface area (Å²) in [6.07, 6.45) is 4.60. The van der Waals surface area contributed by atoms with Gasteiger partial charge in [-0.1, -0.05) is 51.9 Å². The predicted molar refractivity (Wildman–Crippen MR) is 68.0 cm³/mol. The molecule has 0 amide bonds. The van der Waals surface area contributed by atoms with Gasteiger partial charge in [0.15, 0.2) is 0 Å². The number of aliphatic hydroxyl groups is 2. The predicted octanol–water partition coefficient (Wildman–Crippen LogP) is 2.73. The molecule has 0 aliphatic heterocycles. The topological polar surface area (TPSA) is 40.5 Å². The molecule has 0 aliphatic rings. The van der Waals surface area contributed by atoms with E-state index in [0.717, 1.165) is 32.1 Å². The lowest BCUT2D eigenvalue weighted by Gasteiger charge is -2.09. The minimum absolute atomic E-state index is 0.488. The first-order valence-electron chi connectivity index (χ1n) is 6.47. The Bertz CT molecular complexity index is 215. The van der Waals surface area contributed by atoms with Gasteiger partial charge in [0.25, 0.3) is 0 Å². The van der Waals surface area contributed by atoms with Crippen molar-refractivity contribution in [1.29, 1.82) is 0 Å². The Morgan fingerprint density at radius 2 is 1.62 bits per heavy atom. The van der Waals surface area contributed by atoms with Gasteiger partial charge in [-0.3, -0.25) is 0 Å². The maximum absolute atomic E-state index is 9.59. The lowest BCUT2D eigenvalue weighted by molar-refractivity contribution is 0.194. The second-order valence-electron chi connectivity index (χ2n) is 4.57. The van der Waals surface area contributed by atoms with E-state index in [-0.39, 0.29) is 0 Å². The Morgan fingerprint density at radius 1 is 1.00 bits per heavy atom. The van der Waals surface area contributed by atoms with E-state index < -0.39 is 12.2 Å². The molecule has 2 heteroatoms. The van der Waals surface area contributed by atoms with Crippen molar-refractivity contribution in [3.63, 3.8) is 0 Å². The lowest BCUT2D eigenvalue weighted by Crippen LogP contribution is -2.10. The van der Waals surface area contributed by atoms with Crippen LogP contribution in [0.3, 0.4) is 0 Å². The summed E-state index contributed by atoms with van der Waals surface area (Å²) in [6, 6.07) is 0. The highest BCUT2D eigenvalue weighted by Gasteiger charge is 2.06. The standard InChI is InChI=1S/C14H26O2/c1-4-6-7-8-13(15)9-10-14(16)11-12(3)5-2/h12-16H,4-8,11H2,1-3H3. The highest BCUT2D eigenvalue weighted by molar-refractivity contribution is 5.08. The van der Waals surface area contributed by atoms with Crippen LogP contribution in [0.15, 0.2) is 0 Å². The van der Waals surface area contributed by atoms with Gasteiger partial charge in [-0.25, -0.2) is 0 Å². The highest BCUT2D eigenvalue weighted by Crippen LogP contribution is 2.09. The van der Waals surface area contributed by atoms with Crippen molar-refractivity contribution >= 4 is 0 Å². The maximum Gasteiger partial charge on any atom is 0.115 e. The van der Waals surface area contributed by atoms with Crippen LogP contribution in [0.1, 0.15) is 59.3 Å². The van der Waals surface area contributed by atoms with Gasteiger partial charge in [0.05, 0.1) is 0 Å². The monoisotopic (exact) mass is 226 g/mol. The first-order chi connectivity index (χ1) is 7.60. The minimum atomic E-state index is -0.587. The third kappa shape index (κ3) is 8.76. The maximum atomic E-state index is 9.59. The molecule has 0 rings (SSSR count). The number of hydrogen-bond donors (Lipinski definition) is 2. The molecule has 0 aromatic heterocycles. The van der Waals surface area contributed by atoms with Crippen LogP contribution in [0.2, 0.25) is 0 Å². The van der Waals surface area contributed by atoms with Crippen LogP contribution in [0.4, 0.5) is 0 Å². The summed E-state index contributed by atoms with van der Waals surface area (Å²) in [5.74, 6) is 5.94. The van der Waals surface area contributed by atoms with Gasteiger partial charge in [0.1, 0.15) is 12.2 Å². The molecule has 2 nitrogen and oxygen atoms in total. The largest absolute Gasteiger partial charge is 0.380 e. The van der Waals surface area contributed by atoms with Crippen LogP contribution in [0, 0.1) is 17.8 Å². The van der Waals surface area contributed by atoms with Gasteiger partial charge in [0, 0.05) is 0 Å². The minimum Gasteiger partial charge on any atom is -0.380 e. The summed E-state index contributed by atoms with van der Waals surface area (Å²) in [5.41, 5.74) is 0. The molecule has 3 unspecified atom stereocenters. The molecule has 0 fully saturated rings. The average Bonchev–Trinajstić information content (AvgIpc) is 2.26. The lowest BCUT2D eigenvalue weighted by atomic mass is 10.0. The molecule has 0 aromatic carbocycles. The normalized spacial score (nSPS) is 16.1. The van der Waals surface area contributed by atoms with E-state index in [1.165, 1.54) is 0 Å². The molecule has 0 radical (unpaired) electrons. The molecular weight excluding hydrogens is 200 g/mol. The third-order valence-corrected chi connectivity index (χ3v) is 2.82. The van der Waals surface area contributed by atoms with E-state index in [9.17, 15) is 10.2 Å². The van der Waals surface area contributed by atoms with Gasteiger partial charge in [-0.2, -0.15) is 0 Å². The van der Waals surface area contributed by atoms with E-state index in [4.69, 9.17) is 0 Å². The fraction of sp³-hybridized carbons (Fsp3) is 0.857. The van der Waals surface area contributed by atoms with Crippen molar-refractivity contribution in [2.45, 2.75) is 71.5 Å². The number of aliphatic hydroxyl groups excluding tert-OH is 2. The zero-order valence-electron chi connectivity index (χ0n) is 10.9. The summed E-state index contributed by atoms with van der Waals surface area (Å²) >= 11 is 0. The van der Waals surface area contributed by atoms with Gasteiger partial charge in [-0.05, 0) is 25.2 Å². The quantitative estimate of drug-likeness (QED) is 0.517. The molecule has 0 heterocycles. The first kappa shape index (κ1) is 15.5. The summed E-state index contributed by atoms with van der Waals surface area (Å²) in [7, 11) is 0. The number of hydrogen-bond acceptors (Lipinski definition) is 2. The fourth-order valence-corrected chi connectivity index (χ4v) is 1.46. The van der Waals surface area contributed by atoms with Crippen molar-refractivity contribution in [1.82, 2.24) is 0 Å². The molecule has 94 valence electrons. The fourth-order valence-electron chi connectivity index (χ4n) is 1.46. The Morgan fingerprint density at radius 3 is 2.19 bits per heavy atom. The van der Waals surface area contributed by atoms with Crippen molar-refractivity contribution in [2.24, 2.45) is 5.92 Å². The second-order valence-corrected chi connectivity index (χ2v) is 4.57. The zero-order chi connectivity index (χ0) is 12.4. The van der Waals surface area contributed by atoms with Crippen molar-refractivity contribution in [3.8, 4) is 11.8 Å². The van der Waals surface area contributed by atoms with Crippen molar-refractivity contribution in [3.05, 3.63) is 0 Å². The first-order valence-corrected chi connectivity index (χ1v) is 6.47. The van der Waals surface area contributed by atoms with E-state index >= 15 is 0 Å². The molecule has 0 bridgehead atoms. The Kier molecular flexibility index (Phi) is 9.37. The van der Waals surface area contributed by atoms with Crippen LogP contribution < -0.4 is 0 Å². The van der Waals surface area contributed by atoms with E-state index in [0.29, 0.717) is 12.3 Å². The smallest absolute Gasteiger partial charge is 0.115 e. The molecular formula is C14H26O2. The SMILES string of the molecule is CCCCCC(O)C#CC(O)CC(C)CC. The molecule has 16 heavy (non-hydrogen) atoms. The molecule has 0 saturated carbocycles. The Labute approximate surface area is 100 Å². The molecule has 0 aliphatic carbocycles. The average molecular weight is 226 g/mol. The van der Waals surface area contributed by atoms with Crippen LogP contribution in [-0.4, -0.2) is 22.4 Å². The van der Waals surface area contributed by atoms with Gasteiger partial charge >= 0.3 is 0 Å². The summed E-state index contributed by atoms with van der Waals surface area (Å²) in [4.78, 5) is 0. The van der Waals surface area contributed by atoms with Crippen LogP contribution >= 0.6 is 0 Å². The van der Waals surface area contributed by atoms with Gasteiger partial charge in [-0.15, -0.1) is 0 Å². The highest BCUT2D eigenvalue weighted by atomic mass is 16.3. The van der Waals surface area contributed by atoms with E-state index in [2.05, 4.69) is 32.6 Å². The van der Waals surface area contributed by atoms with E-state index in [1.54, 1.807) is 0 Å². The van der Waals surface area contributed by atoms with Crippen LogP contribution in [0.5, 0.6) is 0 Å². The Balaban J connectivity index is 3.79. The number of unbranched alkanes of at least 4 members (excludes halogenated alkanes) is 2. The third-order valence-electron chi connectivity index (χ3n) is 2.82. The van der Waals surface area contributed by atoms with E-state index in [1.807, 2.05) is 0 Å². The Hall–Kier alpha value is -0.520. The summed E-state index contributed by atoms with van der Waals surface area (Å²) in [5, 5.41) is 19.1. The molecule has 0 aromatic rings. The number of rotatable bonds is 7. The van der Waals surface area contributed by atoms with Crippen LogP contribution in [0.25, 0.3) is 0 Å². The van der Waals surface area contributed by atoms with Crippen molar-refractivity contribution < 1.29 is 10.2 Å². The molecule has 2 N–H and O–H groups in total. The summed E-state index contributed by atoms with van der Waals surface area (Å²) < 4.78 is 0. The van der Waals surface area contributed by atoms with Crippen LogP contribution in [-0.2, 0) is 0 Å². The molecule has 3 atom stereocenters. The molecule has 0 spiro atoms. The second kappa shape index (κ2) is 9.69. The molecule has 0 saturated heterocycles. The summed E-state index contributed by atoms with van der Waals surface area (Å²) in [6.45, 7) is 6.33.